The van der Waals surface area contributed by atoms with Crippen LogP contribution in [0.3, 0.4) is 0 Å². The number of anilines is 1. The number of sulfonamides is 1. The lowest BCUT2D eigenvalue weighted by Gasteiger charge is -2.02. The van der Waals surface area contributed by atoms with Crippen LogP contribution in [0.15, 0.2) is 69.1 Å². The number of carbonyl (C=O) groups is 1. The quantitative estimate of drug-likeness (QED) is 0.617. The number of thioether (sulfide) groups is 1. The van der Waals surface area contributed by atoms with Gasteiger partial charge in [-0.15, -0.1) is 10.2 Å². The van der Waals surface area contributed by atoms with Crippen molar-refractivity contribution >= 4 is 33.4 Å². The molecule has 3 aromatic rings. The van der Waals surface area contributed by atoms with Crippen molar-refractivity contribution in [2.75, 3.05) is 11.1 Å². The number of hydrogen-bond donors (Lipinski definition) is 2. The molecule has 0 fully saturated rings. The molecule has 1 aromatic heterocycles. The molecule has 0 radical (unpaired) electrons. The summed E-state index contributed by atoms with van der Waals surface area (Å²) >= 11 is 1.10. The number of nitrogens with one attached hydrogen (secondary N) is 1. The number of benzene rings is 2. The van der Waals surface area contributed by atoms with Crippen LogP contribution >= 0.6 is 11.8 Å². The van der Waals surface area contributed by atoms with Crippen LogP contribution in [-0.4, -0.2) is 30.3 Å². The van der Waals surface area contributed by atoms with Crippen molar-refractivity contribution in [1.29, 1.82) is 0 Å². The summed E-state index contributed by atoms with van der Waals surface area (Å²) in [4.78, 5) is 11.9. The van der Waals surface area contributed by atoms with E-state index in [9.17, 15) is 13.2 Å². The van der Waals surface area contributed by atoms with E-state index in [0.717, 1.165) is 11.8 Å². The minimum atomic E-state index is -3.76. The maximum atomic E-state index is 11.9. The van der Waals surface area contributed by atoms with Gasteiger partial charge in [0, 0.05) is 11.3 Å². The molecule has 0 aliphatic carbocycles. The zero-order valence-corrected chi connectivity index (χ0v) is 15.0. The number of para-hydroxylation sites is 1. The Labute approximate surface area is 153 Å². The summed E-state index contributed by atoms with van der Waals surface area (Å²) in [5, 5.41) is 15.8. The van der Waals surface area contributed by atoms with Crippen molar-refractivity contribution in [3.63, 3.8) is 0 Å². The smallest absolute Gasteiger partial charge is 0.277 e. The Balaban J connectivity index is 1.60. The van der Waals surface area contributed by atoms with Crippen molar-refractivity contribution in [3.05, 3.63) is 54.6 Å². The van der Waals surface area contributed by atoms with Crippen LogP contribution in [0.5, 0.6) is 0 Å². The Morgan fingerprint density at radius 1 is 1.08 bits per heavy atom. The van der Waals surface area contributed by atoms with Gasteiger partial charge in [-0.2, -0.15) is 0 Å². The summed E-state index contributed by atoms with van der Waals surface area (Å²) in [6.45, 7) is 0. The average molecular weight is 390 g/mol. The summed E-state index contributed by atoms with van der Waals surface area (Å²) in [6, 6.07) is 14.8. The van der Waals surface area contributed by atoms with Crippen molar-refractivity contribution in [2.24, 2.45) is 5.14 Å². The number of carbonyl (C=O) groups excluding carboxylic acids is 1. The first-order chi connectivity index (χ1) is 12.4. The highest BCUT2D eigenvalue weighted by atomic mass is 32.2. The van der Waals surface area contributed by atoms with Crippen LogP contribution in [0.1, 0.15) is 0 Å². The van der Waals surface area contributed by atoms with Gasteiger partial charge in [-0.05, 0) is 36.4 Å². The largest absolute Gasteiger partial charge is 0.411 e. The molecule has 1 amide bonds. The van der Waals surface area contributed by atoms with Crippen LogP contribution in [0.25, 0.3) is 11.5 Å². The Morgan fingerprint density at radius 2 is 1.77 bits per heavy atom. The Bertz CT molecular complexity index is 1000. The molecular weight excluding hydrogens is 376 g/mol. The highest BCUT2D eigenvalue weighted by Gasteiger charge is 2.13. The molecule has 26 heavy (non-hydrogen) atoms. The molecule has 0 aliphatic rings. The lowest BCUT2D eigenvalue weighted by molar-refractivity contribution is -0.113. The van der Waals surface area contributed by atoms with Gasteiger partial charge in [-0.1, -0.05) is 30.0 Å². The second kappa shape index (κ2) is 7.68. The monoisotopic (exact) mass is 390 g/mol. The standard InChI is InChI=1S/C16H14N4O4S2/c17-26(22,23)13-8-6-11(7-9-13)15-19-20-16(24-15)25-10-14(21)18-12-4-2-1-3-5-12/h1-9H,10H2,(H,18,21)(H2,17,22,23). The van der Waals surface area contributed by atoms with E-state index in [4.69, 9.17) is 9.56 Å². The van der Waals surface area contributed by atoms with Crippen LogP contribution < -0.4 is 10.5 Å². The Hall–Kier alpha value is -2.69. The van der Waals surface area contributed by atoms with Crippen LogP contribution in [-0.2, 0) is 14.8 Å². The molecule has 3 N–H and O–H groups in total. The minimum absolute atomic E-state index is 0.00653. The van der Waals surface area contributed by atoms with E-state index in [2.05, 4.69) is 15.5 Å². The third-order valence-electron chi connectivity index (χ3n) is 3.22. The van der Waals surface area contributed by atoms with Crippen molar-refractivity contribution in [1.82, 2.24) is 10.2 Å². The summed E-state index contributed by atoms with van der Waals surface area (Å²) in [6.07, 6.45) is 0. The highest BCUT2D eigenvalue weighted by Crippen LogP contribution is 2.24. The molecule has 1 heterocycles. The van der Waals surface area contributed by atoms with E-state index in [1.165, 1.54) is 24.3 Å². The summed E-state index contributed by atoms with van der Waals surface area (Å²) in [5.74, 6) is 0.135. The van der Waals surface area contributed by atoms with E-state index < -0.39 is 10.0 Å². The van der Waals surface area contributed by atoms with Crippen LogP contribution in [0.2, 0.25) is 0 Å². The molecule has 8 nitrogen and oxygen atoms in total. The Morgan fingerprint density at radius 3 is 2.42 bits per heavy atom. The van der Waals surface area contributed by atoms with Crippen LogP contribution in [0, 0.1) is 0 Å². The molecule has 0 unspecified atom stereocenters. The maximum absolute atomic E-state index is 11.9. The normalized spacial score (nSPS) is 11.3. The Kier molecular flexibility index (Phi) is 5.35. The van der Waals surface area contributed by atoms with Crippen molar-refractivity contribution in [2.45, 2.75) is 10.1 Å². The first kappa shape index (κ1) is 18.1. The molecule has 134 valence electrons. The first-order valence-electron chi connectivity index (χ1n) is 7.36. The summed E-state index contributed by atoms with van der Waals surface area (Å²) in [7, 11) is -3.76. The highest BCUT2D eigenvalue weighted by molar-refractivity contribution is 7.99. The van der Waals surface area contributed by atoms with Gasteiger partial charge in [0.1, 0.15) is 0 Å². The van der Waals surface area contributed by atoms with E-state index in [-0.39, 0.29) is 27.7 Å². The van der Waals surface area contributed by atoms with Gasteiger partial charge >= 0.3 is 0 Å². The third kappa shape index (κ3) is 4.69. The fourth-order valence-electron chi connectivity index (χ4n) is 2.02. The van der Waals surface area contributed by atoms with E-state index in [0.29, 0.717) is 11.3 Å². The zero-order valence-electron chi connectivity index (χ0n) is 13.3. The van der Waals surface area contributed by atoms with E-state index in [1.54, 1.807) is 12.1 Å². The van der Waals surface area contributed by atoms with Gasteiger partial charge in [-0.3, -0.25) is 4.79 Å². The van der Waals surface area contributed by atoms with Crippen molar-refractivity contribution < 1.29 is 17.6 Å². The molecule has 0 spiro atoms. The van der Waals surface area contributed by atoms with Crippen molar-refractivity contribution in [3.8, 4) is 11.5 Å². The molecule has 0 aliphatic heterocycles. The SMILES string of the molecule is NS(=O)(=O)c1ccc(-c2nnc(SCC(=O)Nc3ccccc3)o2)cc1. The molecular formula is C16H14N4O4S2. The maximum Gasteiger partial charge on any atom is 0.277 e. The minimum Gasteiger partial charge on any atom is -0.411 e. The second-order valence-corrected chi connectivity index (χ2v) is 7.63. The van der Waals surface area contributed by atoms with Gasteiger partial charge in [0.2, 0.25) is 21.8 Å². The van der Waals surface area contributed by atoms with Crippen LogP contribution in [0.4, 0.5) is 5.69 Å². The number of nitrogens with zero attached hydrogens (tertiary/aromatic N) is 2. The van der Waals surface area contributed by atoms with E-state index >= 15 is 0 Å². The second-order valence-electron chi connectivity index (χ2n) is 5.15. The topological polar surface area (TPSA) is 128 Å². The van der Waals surface area contributed by atoms with E-state index in [1.807, 2.05) is 18.2 Å². The van der Waals surface area contributed by atoms with Gasteiger partial charge in [0.15, 0.2) is 0 Å². The van der Waals surface area contributed by atoms with Gasteiger partial charge in [0.25, 0.3) is 5.22 Å². The number of primary sulfonamides is 1. The number of hydrogen-bond acceptors (Lipinski definition) is 7. The lowest BCUT2D eigenvalue weighted by atomic mass is 10.2. The van der Waals surface area contributed by atoms with Gasteiger partial charge in [0.05, 0.1) is 10.6 Å². The lowest BCUT2D eigenvalue weighted by Crippen LogP contribution is -2.13. The first-order valence-corrected chi connectivity index (χ1v) is 9.89. The number of rotatable bonds is 6. The molecule has 0 saturated carbocycles. The molecule has 0 saturated heterocycles. The number of aromatic nitrogens is 2. The van der Waals surface area contributed by atoms with Gasteiger partial charge in [-0.25, -0.2) is 13.6 Å². The number of nitrogens with two attached hydrogens (primary N) is 1. The molecule has 0 bridgehead atoms. The number of amides is 1. The summed E-state index contributed by atoms with van der Waals surface area (Å²) < 4.78 is 28.0. The predicted molar refractivity (Wildman–Crippen MR) is 96.9 cm³/mol. The molecule has 10 heteroatoms. The fraction of sp³-hybridized carbons (Fsp3) is 0.0625. The average Bonchev–Trinajstić information content (AvgIpc) is 3.09. The molecule has 2 aromatic carbocycles. The predicted octanol–water partition coefficient (Wildman–Crippen LogP) is 2.11. The summed E-state index contributed by atoms with van der Waals surface area (Å²) in [5.41, 5.74) is 1.25. The van der Waals surface area contributed by atoms with Gasteiger partial charge < -0.3 is 9.73 Å². The zero-order chi connectivity index (χ0) is 18.6. The molecule has 0 atom stereocenters. The molecule has 3 rings (SSSR count). The third-order valence-corrected chi connectivity index (χ3v) is 4.97. The fourth-order valence-corrected chi connectivity index (χ4v) is 3.10.